The van der Waals surface area contributed by atoms with E-state index in [9.17, 15) is 14.4 Å². The van der Waals surface area contributed by atoms with Gasteiger partial charge in [-0.15, -0.1) is 0 Å². The van der Waals surface area contributed by atoms with E-state index >= 15 is 0 Å². The molecule has 0 saturated carbocycles. The number of aromatic nitrogens is 1. The maximum atomic E-state index is 12.4. The smallest absolute Gasteiger partial charge is 0.327 e. The number of ketones is 1. The molecule has 1 atom stereocenters. The van der Waals surface area contributed by atoms with Gasteiger partial charge in [0.05, 0.1) is 6.54 Å². The zero-order chi connectivity index (χ0) is 15.3. The number of hydrogen-bond acceptors (Lipinski definition) is 3. The van der Waals surface area contributed by atoms with Gasteiger partial charge in [0.25, 0.3) is 5.91 Å². The normalized spacial score (nSPS) is 21.4. The maximum Gasteiger partial charge on any atom is 0.327 e. The van der Waals surface area contributed by atoms with E-state index in [2.05, 4.69) is 0 Å². The van der Waals surface area contributed by atoms with Gasteiger partial charge in [-0.1, -0.05) is 0 Å². The van der Waals surface area contributed by atoms with Gasteiger partial charge in [-0.25, -0.2) is 4.79 Å². The van der Waals surface area contributed by atoms with Crippen LogP contribution >= 0.6 is 0 Å². The highest BCUT2D eigenvalue weighted by Gasteiger charge is 2.47. The molecule has 3 amide bonds. The maximum absolute atomic E-state index is 12.4. The Bertz CT molecular complexity index is 625. The Balaban J connectivity index is 1.80. The molecule has 0 radical (unpaired) electrons. The van der Waals surface area contributed by atoms with Gasteiger partial charge in [-0.05, 0) is 32.8 Å². The molecule has 2 aliphatic heterocycles. The predicted molar refractivity (Wildman–Crippen MR) is 76.1 cm³/mol. The van der Waals surface area contributed by atoms with E-state index in [1.807, 2.05) is 31.5 Å². The largest absolute Gasteiger partial charge is 0.351 e. The number of Topliss-reactive ketones (excluding diaryl/α,β-unsaturated/α-hetero) is 1. The Hall–Kier alpha value is -2.11. The third kappa shape index (κ3) is 1.97. The molecule has 0 aliphatic carbocycles. The summed E-state index contributed by atoms with van der Waals surface area (Å²) in [6, 6.07) is 1.15. The number of fused-ring (bicyclic) bond motifs is 1. The summed E-state index contributed by atoms with van der Waals surface area (Å²) < 4.78 is 1.93. The topological polar surface area (TPSA) is 62.6 Å². The molecular weight excluding hydrogens is 270 g/mol. The summed E-state index contributed by atoms with van der Waals surface area (Å²) >= 11 is 0. The summed E-state index contributed by atoms with van der Waals surface area (Å²) in [6.07, 6.45) is 1.57. The van der Waals surface area contributed by atoms with Crippen LogP contribution in [0.1, 0.15) is 34.6 Å². The van der Waals surface area contributed by atoms with Gasteiger partial charge in [0.15, 0.2) is 5.78 Å². The molecule has 0 unspecified atom stereocenters. The molecule has 0 N–H and O–H groups in total. The first-order chi connectivity index (χ1) is 9.91. The summed E-state index contributed by atoms with van der Waals surface area (Å²) in [4.78, 5) is 39.5. The van der Waals surface area contributed by atoms with Crippen molar-refractivity contribution in [2.75, 3.05) is 13.1 Å². The molecular formula is C15H19N3O3. The van der Waals surface area contributed by atoms with Crippen molar-refractivity contribution in [3.05, 3.63) is 23.0 Å². The predicted octanol–water partition coefficient (Wildman–Crippen LogP) is 1.25. The second kappa shape index (κ2) is 4.72. The molecule has 0 aromatic carbocycles. The van der Waals surface area contributed by atoms with E-state index < -0.39 is 0 Å². The van der Waals surface area contributed by atoms with E-state index in [1.54, 1.807) is 4.90 Å². The molecule has 6 nitrogen and oxygen atoms in total. The van der Waals surface area contributed by atoms with Crippen LogP contribution in [0, 0.1) is 13.8 Å². The Kier molecular flexibility index (Phi) is 3.11. The van der Waals surface area contributed by atoms with Gasteiger partial charge >= 0.3 is 6.03 Å². The van der Waals surface area contributed by atoms with Gasteiger partial charge < -0.3 is 9.47 Å². The van der Waals surface area contributed by atoms with Crippen molar-refractivity contribution in [1.29, 1.82) is 0 Å². The Morgan fingerprint density at radius 1 is 1.33 bits per heavy atom. The fourth-order valence-electron chi connectivity index (χ4n) is 3.19. The van der Waals surface area contributed by atoms with Gasteiger partial charge in [-0.3, -0.25) is 14.5 Å². The molecule has 2 saturated heterocycles. The van der Waals surface area contributed by atoms with Gasteiger partial charge in [-0.2, -0.15) is 0 Å². The van der Waals surface area contributed by atoms with E-state index in [-0.39, 0.29) is 30.3 Å². The number of rotatable bonds is 3. The summed E-state index contributed by atoms with van der Waals surface area (Å²) in [5.41, 5.74) is 2.43. The molecule has 112 valence electrons. The van der Waals surface area contributed by atoms with Crippen molar-refractivity contribution in [3.8, 4) is 0 Å². The zero-order valence-corrected chi connectivity index (χ0v) is 12.5. The summed E-state index contributed by atoms with van der Waals surface area (Å²) in [5.74, 6) is -0.407. The lowest BCUT2D eigenvalue weighted by atomic mass is 10.1. The third-order valence-electron chi connectivity index (χ3n) is 4.66. The number of urea groups is 1. The average Bonchev–Trinajstić information content (AvgIpc) is 3.09. The summed E-state index contributed by atoms with van der Waals surface area (Å²) in [5, 5.41) is 0. The van der Waals surface area contributed by atoms with Crippen LogP contribution in [0.2, 0.25) is 0 Å². The number of carbonyl (C=O) groups excluding carboxylic acids is 3. The molecule has 0 spiro atoms. The van der Waals surface area contributed by atoms with Crippen molar-refractivity contribution < 1.29 is 14.4 Å². The highest BCUT2D eigenvalue weighted by Crippen LogP contribution is 2.27. The van der Waals surface area contributed by atoms with Crippen LogP contribution < -0.4 is 0 Å². The van der Waals surface area contributed by atoms with Crippen molar-refractivity contribution in [2.45, 2.75) is 32.7 Å². The number of hydrogen-bond donors (Lipinski definition) is 0. The molecule has 2 fully saturated rings. The SMILES string of the molecule is Cc1cc(C(=O)CN2C(=O)[C@@H]3CCCN3C2=O)c(C)n1C. The zero-order valence-electron chi connectivity index (χ0n) is 12.5. The molecule has 1 aromatic rings. The molecule has 3 heterocycles. The summed E-state index contributed by atoms with van der Waals surface area (Å²) in [6.45, 7) is 4.25. The van der Waals surface area contributed by atoms with Crippen LogP contribution in [0.15, 0.2) is 6.07 Å². The average molecular weight is 289 g/mol. The standard InChI is InChI=1S/C15H19N3O3/c1-9-7-11(10(2)16(9)3)13(19)8-18-14(20)12-5-4-6-17(12)15(18)21/h7,12H,4-6,8H2,1-3H3/t12-/m0/s1. The quantitative estimate of drug-likeness (QED) is 0.621. The van der Waals surface area contributed by atoms with Crippen molar-refractivity contribution in [1.82, 2.24) is 14.4 Å². The van der Waals surface area contributed by atoms with Crippen LogP contribution in [0.25, 0.3) is 0 Å². The minimum absolute atomic E-state index is 0.158. The third-order valence-corrected chi connectivity index (χ3v) is 4.66. The molecule has 0 bridgehead atoms. The fourth-order valence-corrected chi connectivity index (χ4v) is 3.19. The van der Waals surface area contributed by atoms with Crippen LogP contribution in [0.3, 0.4) is 0 Å². The van der Waals surface area contributed by atoms with Gasteiger partial charge in [0.2, 0.25) is 0 Å². The van der Waals surface area contributed by atoms with Gasteiger partial charge in [0, 0.05) is 30.5 Å². The summed E-state index contributed by atoms with van der Waals surface area (Å²) in [7, 11) is 1.89. The van der Waals surface area contributed by atoms with E-state index in [0.717, 1.165) is 22.7 Å². The lowest BCUT2D eigenvalue weighted by molar-refractivity contribution is -0.127. The Labute approximate surface area is 123 Å². The first kappa shape index (κ1) is 13.9. The van der Waals surface area contributed by atoms with E-state index in [1.165, 1.54) is 0 Å². The minimum Gasteiger partial charge on any atom is -0.351 e. The molecule has 1 aromatic heterocycles. The number of aryl methyl sites for hydroxylation is 1. The second-order valence-corrected chi connectivity index (χ2v) is 5.83. The molecule has 6 heteroatoms. The van der Waals surface area contributed by atoms with Crippen molar-refractivity contribution >= 4 is 17.7 Å². The second-order valence-electron chi connectivity index (χ2n) is 5.83. The molecule has 3 rings (SSSR count). The molecule has 2 aliphatic rings. The number of nitrogens with zero attached hydrogens (tertiary/aromatic N) is 3. The van der Waals surface area contributed by atoms with Crippen molar-refractivity contribution in [2.24, 2.45) is 7.05 Å². The van der Waals surface area contributed by atoms with Crippen molar-refractivity contribution in [3.63, 3.8) is 0 Å². The first-order valence-electron chi connectivity index (χ1n) is 7.20. The highest BCUT2D eigenvalue weighted by atomic mass is 16.2. The van der Waals surface area contributed by atoms with Crippen LogP contribution in [0.5, 0.6) is 0 Å². The lowest BCUT2D eigenvalue weighted by Crippen LogP contribution is -2.37. The highest BCUT2D eigenvalue weighted by molar-refractivity contribution is 6.09. The van der Waals surface area contributed by atoms with Crippen LogP contribution in [-0.4, -0.2) is 51.2 Å². The van der Waals surface area contributed by atoms with E-state index in [0.29, 0.717) is 18.5 Å². The number of carbonyl (C=O) groups is 3. The van der Waals surface area contributed by atoms with Crippen LogP contribution in [-0.2, 0) is 11.8 Å². The van der Waals surface area contributed by atoms with E-state index in [4.69, 9.17) is 0 Å². The minimum atomic E-state index is -0.344. The Morgan fingerprint density at radius 2 is 2.05 bits per heavy atom. The number of amides is 3. The van der Waals surface area contributed by atoms with Crippen LogP contribution in [0.4, 0.5) is 4.79 Å². The molecule has 21 heavy (non-hydrogen) atoms. The first-order valence-corrected chi connectivity index (χ1v) is 7.20. The van der Waals surface area contributed by atoms with Gasteiger partial charge in [0.1, 0.15) is 6.04 Å². The number of imide groups is 1. The lowest BCUT2D eigenvalue weighted by Gasteiger charge is -2.14. The fraction of sp³-hybridized carbons (Fsp3) is 0.533. The monoisotopic (exact) mass is 289 g/mol. The Morgan fingerprint density at radius 3 is 2.62 bits per heavy atom.